The maximum absolute atomic E-state index is 10.9. The van der Waals surface area contributed by atoms with Gasteiger partial charge >= 0.3 is 7.75 Å². The van der Waals surface area contributed by atoms with Crippen LogP contribution in [0.3, 0.4) is 0 Å². The van der Waals surface area contributed by atoms with Gasteiger partial charge in [-0.15, -0.1) is 0 Å². The third-order valence-corrected chi connectivity index (χ3v) is 3.56. The van der Waals surface area contributed by atoms with Crippen LogP contribution in [0.1, 0.15) is 39.5 Å². The highest BCUT2D eigenvalue weighted by molar-refractivity contribution is 7.49. The van der Waals surface area contributed by atoms with E-state index < -0.39 is 7.75 Å². The van der Waals surface area contributed by atoms with Crippen LogP contribution in [0.5, 0.6) is 0 Å². The summed E-state index contributed by atoms with van der Waals surface area (Å²) >= 11 is 0. The van der Waals surface area contributed by atoms with Crippen LogP contribution in [0.25, 0.3) is 0 Å². The fourth-order valence-corrected chi connectivity index (χ4v) is 1.84. The standard InChI is InChI=1S/C9H22NO3P/c1-4-6-7-9(5-2)8-10(3)14(11,12)13/h9H,4-8H2,1-3H3,(H2,11,12,13). The van der Waals surface area contributed by atoms with Crippen LogP contribution in [-0.4, -0.2) is 28.0 Å². The number of unbranched alkanes of at least 4 members (excludes halogenated alkanes) is 1. The smallest absolute Gasteiger partial charge is 0.312 e. The molecule has 0 radical (unpaired) electrons. The van der Waals surface area contributed by atoms with Gasteiger partial charge in [-0.3, -0.25) is 0 Å². The van der Waals surface area contributed by atoms with Crippen molar-refractivity contribution in [3.05, 3.63) is 0 Å². The highest BCUT2D eigenvalue weighted by atomic mass is 31.2. The van der Waals surface area contributed by atoms with Gasteiger partial charge in [-0.05, 0) is 19.4 Å². The van der Waals surface area contributed by atoms with Gasteiger partial charge in [0.25, 0.3) is 0 Å². The van der Waals surface area contributed by atoms with Crippen LogP contribution in [0.4, 0.5) is 0 Å². The zero-order valence-corrected chi connectivity index (χ0v) is 10.2. The lowest BCUT2D eigenvalue weighted by molar-refractivity contribution is 0.261. The van der Waals surface area contributed by atoms with Crippen LogP contribution < -0.4 is 0 Å². The largest absolute Gasteiger partial charge is 0.402 e. The third-order valence-electron chi connectivity index (χ3n) is 2.51. The monoisotopic (exact) mass is 223 g/mol. The van der Waals surface area contributed by atoms with Crippen molar-refractivity contribution < 1.29 is 14.4 Å². The number of hydrogen-bond donors (Lipinski definition) is 2. The van der Waals surface area contributed by atoms with Gasteiger partial charge in [0.05, 0.1) is 0 Å². The van der Waals surface area contributed by atoms with E-state index in [0.717, 1.165) is 30.4 Å². The Morgan fingerprint density at radius 2 is 1.93 bits per heavy atom. The first-order valence-corrected chi connectivity index (χ1v) is 6.75. The molecule has 0 aliphatic carbocycles. The maximum Gasteiger partial charge on any atom is 0.402 e. The van der Waals surface area contributed by atoms with Crippen molar-refractivity contribution >= 4 is 7.75 Å². The summed E-state index contributed by atoms with van der Waals surface area (Å²) in [6, 6.07) is 0. The van der Waals surface area contributed by atoms with Gasteiger partial charge in [0, 0.05) is 6.54 Å². The Balaban J connectivity index is 3.98. The van der Waals surface area contributed by atoms with Crippen LogP contribution in [-0.2, 0) is 4.57 Å². The molecular formula is C9H22NO3P. The lowest BCUT2D eigenvalue weighted by Gasteiger charge is -2.23. The van der Waals surface area contributed by atoms with E-state index in [-0.39, 0.29) is 0 Å². The molecule has 0 aromatic carbocycles. The Kier molecular flexibility index (Phi) is 6.62. The van der Waals surface area contributed by atoms with Crippen molar-refractivity contribution in [1.82, 2.24) is 4.67 Å². The minimum absolute atomic E-state index is 0.396. The molecule has 2 N–H and O–H groups in total. The predicted molar refractivity (Wildman–Crippen MR) is 58.0 cm³/mol. The van der Waals surface area contributed by atoms with Crippen molar-refractivity contribution in [2.75, 3.05) is 13.6 Å². The van der Waals surface area contributed by atoms with Gasteiger partial charge in [-0.1, -0.05) is 33.1 Å². The molecule has 0 saturated heterocycles. The Morgan fingerprint density at radius 1 is 1.36 bits per heavy atom. The Bertz CT molecular complexity index is 192. The summed E-state index contributed by atoms with van der Waals surface area (Å²) in [5, 5.41) is 0. The van der Waals surface area contributed by atoms with Gasteiger partial charge in [-0.2, -0.15) is 0 Å². The van der Waals surface area contributed by atoms with Gasteiger partial charge in [0.2, 0.25) is 0 Å². The highest BCUT2D eigenvalue weighted by Gasteiger charge is 2.23. The minimum Gasteiger partial charge on any atom is -0.312 e. The lowest BCUT2D eigenvalue weighted by Crippen LogP contribution is -2.22. The second-order valence-electron chi connectivity index (χ2n) is 3.77. The first kappa shape index (κ1) is 14.1. The molecule has 0 fully saturated rings. The predicted octanol–water partition coefficient (Wildman–Crippen LogP) is 2.23. The van der Waals surface area contributed by atoms with E-state index in [1.54, 1.807) is 0 Å². The molecule has 1 atom stereocenters. The molecule has 0 rings (SSSR count). The summed E-state index contributed by atoms with van der Waals surface area (Å²) < 4.78 is 12.0. The molecule has 5 heteroatoms. The van der Waals surface area contributed by atoms with Gasteiger partial charge in [-0.25, -0.2) is 9.24 Å². The molecule has 0 saturated carbocycles. The third kappa shape index (κ3) is 5.76. The SMILES string of the molecule is CCCCC(CC)CN(C)P(=O)(O)O. The highest BCUT2D eigenvalue weighted by Crippen LogP contribution is 2.39. The quantitative estimate of drug-likeness (QED) is 0.650. The number of rotatable bonds is 7. The maximum atomic E-state index is 10.9. The van der Waals surface area contributed by atoms with Gasteiger partial charge < -0.3 is 9.79 Å². The summed E-state index contributed by atoms with van der Waals surface area (Å²) in [6.07, 6.45) is 4.30. The summed E-state index contributed by atoms with van der Waals surface area (Å²) in [7, 11) is -2.54. The van der Waals surface area contributed by atoms with Gasteiger partial charge in [0.1, 0.15) is 0 Å². The van der Waals surface area contributed by atoms with Crippen LogP contribution in [0.2, 0.25) is 0 Å². The summed E-state index contributed by atoms with van der Waals surface area (Å²) in [5.41, 5.74) is 0. The van der Waals surface area contributed by atoms with Crippen LogP contribution >= 0.6 is 7.75 Å². The molecule has 0 aromatic heterocycles. The van der Waals surface area contributed by atoms with E-state index in [2.05, 4.69) is 13.8 Å². The molecule has 14 heavy (non-hydrogen) atoms. The molecule has 0 aliphatic heterocycles. The van der Waals surface area contributed by atoms with Crippen LogP contribution in [0, 0.1) is 5.92 Å². The van der Waals surface area contributed by atoms with Crippen molar-refractivity contribution in [2.24, 2.45) is 5.92 Å². The fourth-order valence-electron chi connectivity index (χ4n) is 1.40. The number of nitrogens with zero attached hydrogens (tertiary/aromatic N) is 1. The minimum atomic E-state index is -4.02. The molecule has 0 heterocycles. The summed E-state index contributed by atoms with van der Waals surface area (Å²) in [4.78, 5) is 17.8. The Labute approximate surface area is 86.5 Å². The normalized spacial score (nSPS) is 14.7. The molecule has 4 nitrogen and oxygen atoms in total. The molecule has 0 aliphatic rings. The molecular weight excluding hydrogens is 201 g/mol. The molecule has 86 valence electrons. The van der Waals surface area contributed by atoms with Gasteiger partial charge in [0.15, 0.2) is 0 Å². The topological polar surface area (TPSA) is 60.8 Å². The van der Waals surface area contributed by atoms with Crippen molar-refractivity contribution in [1.29, 1.82) is 0 Å². The Morgan fingerprint density at radius 3 is 2.29 bits per heavy atom. The molecule has 0 bridgehead atoms. The van der Waals surface area contributed by atoms with Crippen molar-refractivity contribution in [3.63, 3.8) is 0 Å². The molecule has 0 spiro atoms. The average molecular weight is 223 g/mol. The van der Waals surface area contributed by atoms with Crippen molar-refractivity contribution in [2.45, 2.75) is 39.5 Å². The second-order valence-corrected chi connectivity index (χ2v) is 5.48. The van der Waals surface area contributed by atoms with E-state index in [4.69, 9.17) is 9.79 Å². The zero-order valence-electron chi connectivity index (χ0n) is 9.31. The number of hydrogen-bond acceptors (Lipinski definition) is 1. The van der Waals surface area contributed by atoms with E-state index in [1.807, 2.05) is 0 Å². The Hall–Kier alpha value is 0.110. The summed E-state index contributed by atoms with van der Waals surface area (Å²) in [6.45, 7) is 4.67. The lowest BCUT2D eigenvalue weighted by atomic mass is 10.00. The second kappa shape index (κ2) is 6.57. The van der Waals surface area contributed by atoms with E-state index in [0.29, 0.717) is 12.5 Å². The fraction of sp³-hybridized carbons (Fsp3) is 1.00. The van der Waals surface area contributed by atoms with E-state index in [9.17, 15) is 4.57 Å². The molecule has 0 amide bonds. The van der Waals surface area contributed by atoms with Crippen molar-refractivity contribution in [3.8, 4) is 0 Å². The van der Waals surface area contributed by atoms with E-state index in [1.165, 1.54) is 7.05 Å². The van der Waals surface area contributed by atoms with Crippen LogP contribution in [0.15, 0.2) is 0 Å². The molecule has 1 unspecified atom stereocenters. The molecule has 0 aromatic rings. The first-order chi connectivity index (χ1) is 6.41. The van der Waals surface area contributed by atoms with E-state index >= 15 is 0 Å². The first-order valence-electron chi connectivity index (χ1n) is 5.18. The zero-order chi connectivity index (χ0) is 11.2. The average Bonchev–Trinajstić information content (AvgIpc) is 2.10. The summed E-state index contributed by atoms with van der Waals surface area (Å²) in [5.74, 6) is 0.396.